The van der Waals surface area contributed by atoms with E-state index in [1.807, 2.05) is 50.0 Å². The number of ether oxygens (including phenoxy) is 2. The quantitative estimate of drug-likeness (QED) is 0.319. The van der Waals surface area contributed by atoms with Crippen LogP contribution >= 0.6 is 0 Å². The molecule has 0 spiro atoms. The first-order valence-corrected chi connectivity index (χ1v) is 14.7. The van der Waals surface area contributed by atoms with E-state index in [9.17, 15) is 4.79 Å². The van der Waals surface area contributed by atoms with Crippen molar-refractivity contribution in [1.82, 2.24) is 0 Å². The van der Waals surface area contributed by atoms with E-state index in [0.29, 0.717) is 6.61 Å². The highest BCUT2D eigenvalue weighted by Crippen LogP contribution is 2.60. The zero-order valence-electron chi connectivity index (χ0n) is 20.2. The predicted molar refractivity (Wildman–Crippen MR) is 131 cm³/mol. The van der Waals surface area contributed by atoms with Gasteiger partial charge in [0.2, 0.25) is 8.32 Å². The van der Waals surface area contributed by atoms with Gasteiger partial charge in [0.05, 0.1) is 13.7 Å². The lowest BCUT2D eigenvalue weighted by Crippen LogP contribution is -2.38. The minimum absolute atomic E-state index is 0.0420. The molecule has 0 radical (unpaired) electrons. The van der Waals surface area contributed by atoms with Crippen molar-refractivity contribution >= 4 is 14.3 Å². The first-order valence-electron chi connectivity index (χ1n) is 11.3. The van der Waals surface area contributed by atoms with Crippen LogP contribution in [0.3, 0.4) is 0 Å². The highest BCUT2D eigenvalue weighted by molar-refractivity contribution is 6.71. The molecule has 0 heterocycles. The Kier molecular flexibility index (Phi) is 7.62. The lowest BCUT2D eigenvalue weighted by Gasteiger charge is -2.24. The van der Waals surface area contributed by atoms with Crippen LogP contribution in [-0.4, -0.2) is 27.5 Å². The van der Waals surface area contributed by atoms with Crippen molar-refractivity contribution in [3.63, 3.8) is 0 Å². The highest BCUT2D eigenvalue weighted by atomic mass is 28.4. The molecule has 1 fully saturated rings. The molecule has 0 aromatic heterocycles. The van der Waals surface area contributed by atoms with E-state index >= 15 is 0 Å². The summed E-state index contributed by atoms with van der Waals surface area (Å²) in [7, 11) is -0.378. The molecule has 1 aliphatic rings. The smallest absolute Gasteiger partial charge is 0.322 e. The van der Waals surface area contributed by atoms with E-state index in [4.69, 9.17) is 13.9 Å². The molecule has 0 aliphatic heterocycles. The molecular formula is C27H36O4Si. The largest absolute Gasteiger partial charge is 0.518 e. The standard InChI is InChI=1S/C27H36O4Si/c1-27(2)23(14-10-13-20-11-8-7-9-12-20)24(27)25(26(28)31-32(4,5)6)30-19-21-15-17-22(29-3)18-16-21/h7-9,11-12,14-18,24-25H,10,13,19H2,1-6H3/b23-14+/t24-,25?/m0/s1. The van der Waals surface area contributed by atoms with Crippen molar-refractivity contribution in [1.29, 1.82) is 0 Å². The molecule has 1 aliphatic carbocycles. The molecule has 32 heavy (non-hydrogen) atoms. The van der Waals surface area contributed by atoms with E-state index in [1.54, 1.807) is 7.11 Å². The van der Waals surface area contributed by atoms with Gasteiger partial charge < -0.3 is 13.9 Å². The Morgan fingerprint density at radius 3 is 2.28 bits per heavy atom. The molecule has 5 heteroatoms. The minimum Gasteiger partial charge on any atom is -0.518 e. The Balaban J connectivity index is 1.72. The highest BCUT2D eigenvalue weighted by Gasteiger charge is 2.59. The van der Waals surface area contributed by atoms with Gasteiger partial charge in [-0.1, -0.05) is 68.0 Å². The molecule has 2 aromatic carbocycles. The Bertz CT molecular complexity index is 926. The minimum atomic E-state index is -2.03. The van der Waals surface area contributed by atoms with Crippen LogP contribution in [0, 0.1) is 11.3 Å². The van der Waals surface area contributed by atoms with Gasteiger partial charge in [0.1, 0.15) is 5.75 Å². The van der Waals surface area contributed by atoms with E-state index in [1.165, 1.54) is 11.1 Å². The van der Waals surface area contributed by atoms with Gasteiger partial charge in [-0.2, -0.15) is 0 Å². The first kappa shape index (κ1) is 24.3. The number of carbonyl (C=O) groups excluding carboxylic acids is 1. The zero-order chi connectivity index (χ0) is 23.4. The van der Waals surface area contributed by atoms with Crippen LogP contribution in [0.5, 0.6) is 5.75 Å². The third kappa shape index (κ3) is 6.33. The van der Waals surface area contributed by atoms with Gasteiger partial charge in [-0.15, -0.1) is 0 Å². The third-order valence-electron chi connectivity index (χ3n) is 5.94. The van der Waals surface area contributed by atoms with Crippen LogP contribution in [-0.2, 0) is 27.0 Å². The second-order valence-corrected chi connectivity index (χ2v) is 14.4. The Hall–Kier alpha value is -2.37. The van der Waals surface area contributed by atoms with Crippen molar-refractivity contribution in [3.8, 4) is 5.75 Å². The Morgan fingerprint density at radius 2 is 1.69 bits per heavy atom. The number of benzene rings is 2. The molecule has 0 bridgehead atoms. The van der Waals surface area contributed by atoms with E-state index in [0.717, 1.165) is 24.2 Å². The maximum Gasteiger partial charge on any atom is 0.322 e. The molecule has 172 valence electrons. The fraction of sp³-hybridized carbons (Fsp3) is 0.444. The molecule has 1 saturated carbocycles. The van der Waals surface area contributed by atoms with Crippen molar-refractivity contribution in [2.45, 2.75) is 59.0 Å². The van der Waals surface area contributed by atoms with Crippen LogP contribution in [0.15, 0.2) is 66.2 Å². The van der Waals surface area contributed by atoms with E-state index < -0.39 is 14.4 Å². The number of rotatable bonds is 10. The number of methoxy groups -OCH3 is 1. The normalized spacial score (nSPS) is 19.4. The van der Waals surface area contributed by atoms with Crippen LogP contribution in [0.2, 0.25) is 19.6 Å². The Morgan fingerprint density at radius 1 is 1.03 bits per heavy atom. The van der Waals surface area contributed by atoms with E-state index in [2.05, 4.69) is 44.2 Å². The average Bonchev–Trinajstić information content (AvgIpc) is 3.28. The summed E-state index contributed by atoms with van der Waals surface area (Å²) in [4.78, 5) is 13.1. The molecule has 4 nitrogen and oxygen atoms in total. The topological polar surface area (TPSA) is 44.8 Å². The molecule has 2 aromatic rings. The zero-order valence-corrected chi connectivity index (χ0v) is 21.2. The third-order valence-corrected chi connectivity index (χ3v) is 6.76. The summed E-state index contributed by atoms with van der Waals surface area (Å²) in [6.07, 6.45) is 3.64. The molecule has 1 unspecified atom stereocenters. The first-order chi connectivity index (χ1) is 15.1. The van der Waals surface area contributed by atoms with Gasteiger partial charge in [0, 0.05) is 5.92 Å². The molecular weight excluding hydrogens is 416 g/mol. The summed E-state index contributed by atoms with van der Waals surface area (Å²) in [5.41, 5.74) is 3.55. The van der Waals surface area contributed by atoms with E-state index in [-0.39, 0.29) is 17.3 Å². The van der Waals surface area contributed by atoms with Gasteiger partial charge in [-0.25, -0.2) is 0 Å². The fourth-order valence-electron chi connectivity index (χ4n) is 4.15. The number of allylic oxidation sites excluding steroid dienone is 1. The average molecular weight is 453 g/mol. The predicted octanol–water partition coefficient (Wildman–Crippen LogP) is 6.17. The van der Waals surface area contributed by atoms with Crippen molar-refractivity contribution in [2.24, 2.45) is 11.3 Å². The summed E-state index contributed by atoms with van der Waals surface area (Å²) < 4.78 is 17.3. The lowest BCUT2D eigenvalue weighted by molar-refractivity contribution is -0.151. The van der Waals surface area contributed by atoms with Gasteiger partial charge in [0.15, 0.2) is 6.10 Å². The second-order valence-electron chi connectivity index (χ2n) is 10.00. The summed E-state index contributed by atoms with van der Waals surface area (Å²) in [5, 5.41) is 0. The van der Waals surface area contributed by atoms with Crippen LogP contribution in [0.1, 0.15) is 31.4 Å². The van der Waals surface area contributed by atoms with Crippen LogP contribution in [0.4, 0.5) is 0 Å². The maximum atomic E-state index is 13.1. The summed E-state index contributed by atoms with van der Waals surface area (Å²) in [6, 6.07) is 18.2. The summed E-state index contributed by atoms with van der Waals surface area (Å²) >= 11 is 0. The van der Waals surface area contributed by atoms with Gasteiger partial charge in [-0.05, 0) is 61.2 Å². The number of aryl methyl sites for hydroxylation is 1. The number of hydrogen-bond donors (Lipinski definition) is 0. The summed E-state index contributed by atoms with van der Waals surface area (Å²) in [6.45, 7) is 10.8. The molecule has 3 rings (SSSR count). The molecule has 0 saturated heterocycles. The Labute approximate surface area is 193 Å². The van der Waals surface area contributed by atoms with Gasteiger partial charge in [0.25, 0.3) is 0 Å². The maximum absolute atomic E-state index is 13.1. The lowest BCUT2D eigenvalue weighted by atomic mass is 10.1. The van der Waals surface area contributed by atoms with Crippen molar-refractivity contribution < 1.29 is 18.7 Å². The number of carbonyl (C=O) groups is 1. The van der Waals surface area contributed by atoms with Gasteiger partial charge in [-0.3, -0.25) is 4.79 Å². The van der Waals surface area contributed by atoms with Crippen LogP contribution in [0.25, 0.3) is 0 Å². The van der Waals surface area contributed by atoms with Crippen LogP contribution < -0.4 is 4.74 Å². The molecule has 2 atom stereocenters. The van der Waals surface area contributed by atoms with Crippen molar-refractivity contribution in [3.05, 3.63) is 77.4 Å². The second kappa shape index (κ2) is 10.0. The summed E-state index contributed by atoms with van der Waals surface area (Å²) in [5.74, 6) is 0.609. The molecule has 0 N–H and O–H groups in total. The SMILES string of the molecule is COc1ccc(COC(C(=O)O[Si](C)(C)C)[C@@H]2/C(=C\CCc3ccccc3)C2(C)C)cc1. The monoisotopic (exact) mass is 452 g/mol. The fourth-order valence-corrected chi connectivity index (χ4v) is 4.87. The molecule has 0 amide bonds. The van der Waals surface area contributed by atoms with Gasteiger partial charge >= 0.3 is 5.97 Å². The van der Waals surface area contributed by atoms with Crippen molar-refractivity contribution in [2.75, 3.05) is 7.11 Å². The number of hydrogen-bond acceptors (Lipinski definition) is 4.